The molecule has 0 aromatic heterocycles. The Hall–Kier alpha value is -2.33. The van der Waals surface area contributed by atoms with E-state index >= 15 is 0 Å². The Bertz CT molecular complexity index is 838. The van der Waals surface area contributed by atoms with Crippen molar-refractivity contribution in [2.45, 2.75) is 40.0 Å². The minimum absolute atomic E-state index is 0.261. The molecule has 0 saturated carbocycles. The highest BCUT2D eigenvalue weighted by Gasteiger charge is 2.21. The summed E-state index contributed by atoms with van der Waals surface area (Å²) in [4.78, 5) is 0. The molecule has 31 heavy (non-hydrogen) atoms. The Labute approximate surface area is 178 Å². The van der Waals surface area contributed by atoms with Gasteiger partial charge >= 0.3 is 0 Å². The van der Waals surface area contributed by atoms with Crippen molar-refractivity contribution >= 4 is 23.8 Å². The molecule has 0 saturated heterocycles. The average molecular weight is 454 g/mol. The van der Waals surface area contributed by atoms with Gasteiger partial charge in [-0.2, -0.15) is 0 Å². The van der Waals surface area contributed by atoms with Crippen LogP contribution in [0.2, 0.25) is 0 Å². The molecule has 3 aromatic carbocycles. The van der Waals surface area contributed by atoms with E-state index in [-0.39, 0.29) is 33.4 Å². The van der Waals surface area contributed by atoms with Gasteiger partial charge in [0.25, 0.3) is 0 Å². The summed E-state index contributed by atoms with van der Waals surface area (Å²) in [6, 6.07) is 13.6. The number of alkyl halides is 6. The first-order valence-corrected chi connectivity index (χ1v) is 10.9. The second-order valence-corrected chi connectivity index (χ2v) is 9.38. The van der Waals surface area contributed by atoms with Crippen LogP contribution in [0.15, 0.2) is 54.6 Å². The molecule has 0 radical (unpaired) electrons. The van der Waals surface area contributed by atoms with Crippen LogP contribution in [-0.4, -0.2) is 0 Å². The van der Waals surface area contributed by atoms with Crippen LogP contribution in [0.4, 0.5) is 26.3 Å². The molecule has 0 unspecified atom stereocenters. The molecule has 0 amide bonds. The van der Waals surface area contributed by atoms with E-state index in [1.807, 2.05) is 0 Å². The maximum Gasteiger partial charge on any atom is 0.115 e. The third kappa shape index (κ3) is 5.48. The van der Waals surface area contributed by atoms with E-state index in [4.69, 9.17) is 0 Å². The van der Waals surface area contributed by atoms with Crippen LogP contribution in [0.25, 0.3) is 0 Å². The van der Waals surface area contributed by atoms with Crippen LogP contribution in [0.1, 0.15) is 33.4 Å². The molecule has 0 bridgehead atoms. The lowest BCUT2D eigenvalue weighted by molar-refractivity contribution is 0.475. The zero-order chi connectivity index (χ0) is 22.4. The molecule has 0 aliphatic heterocycles. The van der Waals surface area contributed by atoms with Crippen LogP contribution >= 0.6 is 7.92 Å². The molecule has 164 valence electrons. The van der Waals surface area contributed by atoms with E-state index in [1.165, 1.54) is 18.2 Å². The number of benzene rings is 3. The van der Waals surface area contributed by atoms with Crippen molar-refractivity contribution in [1.82, 2.24) is 0 Å². The number of rotatable bonds is 9. The SMILES string of the molecule is FCc1cc(CF)cc(P(c2cc(CF)cc(CF)c2)c2cc(CF)cc(CF)c2)c1. The summed E-state index contributed by atoms with van der Waals surface area (Å²) in [6.07, 6.45) is 0. The zero-order valence-corrected chi connectivity index (χ0v) is 17.5. The standard InChI is InChI=1S/C24H21F6P/c25-10-16-1-17(11-26)5-22(4-16)31(23-6-18(12-27)2-19(7-23)13-28)24-8-20(14-29)3-21(9-24)15-30/h1-9H,10-15H2. The van der Waals surface area contributed by atoms with E-state index in [2.05, 4.69) is 0 Å². The zero-order valence-electron chi connectivity index (χ0n) is 16.7. The van der Waals surface area contributed by atoms with E-state index in [1.54, 1.807) is 36.4 Å². The summed E-state index contributed by atoms with van der Waals surface area (Å²) in [5.74, 6) is 0. The van der Waals surface area contributed by atoms with Crippen molar-refractivity contribution < 1.29 is 26.3 Å². The molecular formula is C24H21F6P. The Morgan fingerprint density at radius 1 is 0.355 bits per heavy atom. The van der Waals surface area contributed by atoms with Gasteiger partial charge in [0, 0.05) is 0 Å². The molecule has 0 N–H and O–H groups in total. The van der Waals surface area contributed by atoms with Gasteiger partial charge in [0.15, 0.2) is 0 Å². The van der Waals surface area contributed by atoms with Gasteiger partial charge in [-0.1, -0.05) is 18.2 Å². The molecule has 0 spiro atoms. The van der Waals surface area contributed by atoms with Gasteiger partial charge in [-0.15, -0.1) is 0 Å². The minimum atomic E-state index is -1.58. The normalized spacial score (nSPS) is 11.3. The summed E-state index contributed by atoms with van der Waals surface area (Å²) in [7, 11) is -1.58. The minimum Gasteiger partial charge on any atom is -0.246 e. The third-order valence-electron chi connectivity index (χ3n) is 4.81. The second kappa shape index (κ2) is 10.8. The third-order valence-corrected chi connectivity index (χ3v) is 7.14. The predicted octanol–water partition coefficient (Wildman–Crippen LogP) is 6.26. The van der Waals surface area contributed by atoms with E-state index in [0.717, 1.165) is 0 Å². The van der Waals surface area contributed by atoms with Crippen molar-refractivity contribution in [3.8, 4) is 0 Å². The topological polar surface area (TPSA) is 0 Å². The van der Waals surface area contributed by atoms with Gasteiger partial charge in [0.1, 0.15) is 40.0 Å². The van der Waals surface area contributed by atoms with Crippen LogP contribution in [0, 0.1) is 0 Å². The molecule has 3 rings (SSSR count). The monoisotopic (exact) mass is 454 g/mol. The van der Waals surface area contributed by atoms with Gasteiger partial charge in [0.2, 0.25) is 0 Å². The Kier molecular flexibility index (Phi) is 8.14. The van der Waals surface area contributed by atoms with Gasteiger partial charge in [0.05, 0.1) is 0 Å². The number of hydrogen-bond acceptors (Lipinski definition) is 0. The van der Waals surface area contributed by atoms with Crippen LogP contribution in [-0.2, 0) is 40.0 Å². The van der Waals surface area contributed by atoms with Crippen molar-refractivity contribution in [2.24, 2.45) is 0 Å². The lowest BCUT2D eigenvalue weighted by Gasteiger charge is -2.23. The van der Waals surface area contributed by atoms with E-state index < -0.39 is 48.0 Å². The first kappa shape index (κ1) is 23.3. The summed E-state index contributed by atoms with van der Waals surface area (Å²) in [5, 5.41) is 1.62. The fourth-order valence-electron chi connectivity index (χ4n) is 3.53. The molecule has 7 heteroatoms. The first-order chi connectivity index (χ1) is 15.0. The van der Waals surface area contributed by atoms with Crippen LogP contribution in [0.5, 0.6) is 0 Å². The Morgan fingerprint density at radius 3 is 0.710 bits per heavy atom. The first-order valence-electron chi connectivity index (χ1n) is 9.59. The Balaban J connectivity index is 2.30. The number of hydrogen-bond donors (Lipinski definition) is 0. The smallest absolute Gasteiger partial charge is 0.115 e. The Morgan fingerprint density at radius 2 is 0.548 bits per heavy atom. The fourth-order valence-corrected chi connectivity index (χ4v) is 6.19. The molecule has 0 atom stereocenters. The average Bonchev–Trinajstić information content (AvgIpc) is 2.83. The van der Waals surface area contributed by atoms with Crippen molar-refractivity contribution in [1.29, 1.82) is 0 Å². The van der Waals surface area contributed by atoms with E-state index in [9.17, 15) is 26.3 Å². The second-order valence-electron chi connectivity index (χ2n) is 7.16. The fraction of sp³-hybridized carbons (Fsp3) is 0.250. The van der Waals surface area contributed by atoms with E-state index in [0.29, 0.717) is 15.9 Å². The maximum absolute atomic E-state index is 13.5. The quantitative estimate of drug-likeness (QED) is 0.264. The summed E-state index contributed by atoms with van der Waals surface area (Å²) in [6.45, 7) is -4.89. The van der Waals surface area contributed by atoms with Gasteiger partial charge in [-0.3, -0.25) is 0 Å². The lowest BCUT2D eigenvalue weighted by Crippen LogP contribution is -2.23. The summed E-state index contributed by atoms with van der Waals surface area (Å²) in [5.41, 5.74) is 1.57. The predicted molar refractivity (Wildman–Crippen MR) is 114 cm³/mol. The van der Waals surface area contributed by atoms with Gasteiger partial charge in [-0.05, 0) is 93.6 Å². The summed E-state index contributed by atoms with van der Waals surface area (Å²) < 4.78 is 80.7. The molecule has 0 aliphatic rings. The van der Waals surface area contributed by atoms with Crippen molar-refractivity contribution in [3.63, 3.8) is 0 Å². The van der Waals surface area contributed by atoms with Crippen LogP contribution < -0.4 is 15.9 Å². The molecule has 3 aromatic rings. The van der Waals surface area contributed by atoms with Crippen molar-refractivity contribution in [2.75, 3.05) is 0 Å². The highest BCUT2D eigenvalue weighted by molar-refractivity contribution is 7.79. The number of halogens is 6. The molecule has 0 nitrogen and oxygen atoms in total. The maximum atomic E-state index is 13.5. The summed E-state index contributed by atoms with van der Waals surface area (Å²) >= 11 is 0. The lowest BCUT2D eigenvalue weighted by atomic mass is 10.1. The molecule has 0 heterocycles. The van der Waals surface area contributed by atoms with Gasteiger partial charge in [-0.25, -0.2) is 26.3 Å². The van der Waals surface area contributed by atoms with Crippen LogP contribution in [0.3, 0.4) is 0 Å². The molecule has 0 aliphatic carbocycles. The highest BCUT2D eigenvalue weighted by atomic mass is 31.1. The molecular weight excluding hydrogens is 433 g/mol. The molecule has 0 fully saturated rings. The highest BCUT2D eigenvalue weighted by Crippen LogP contribution is 2.36. The largest absolute Gasteiger partial charge is 0.246 e. The van der Waals surface area contributed by atoms with Crippen molar-refractivity contribution in [3.05, 3.63) is 88.0 Å². The van der Waals surface area contributed by atoms with Gasteiger partial charge < -0.3 is 0 Å².